The number of anilines is 1. The highest BCUT2D eigenvalue weighted by Crippen LogP contribution is 2.26. The van der Waals surface area contributed by atoms with E-state index in [1.54, 1.807) is 19.1 Å². The lowest BCUT2D eigenvalue weighted by Crippen LogP contribution is -2.15. The Balaban J connectivity index is 1.76. The number of carbonyl (C=O) groups is 2. The summed E-state index contributed by atoms with van der Waals surface area (Å²) in [6.45, 7) is 8.87. The first kappa shape index (κ1) is 20.9. The Hall–Kier alpha value is -2.80. The van der Waals surface area contributed by atoms with E-state index in [1.807, 2.05) is 49.6 Å². The third kappa shape index (κ3) is 4.62. The number of ether oxygens (including phenoxy) is 1. The van der Waals surface area contributed by atoms with Crippen LogP contribution in [0.3, 0.4) is 0 Å². The minimum absolute atomic E-state index is 0.0781. The number of imidazole rings is 1. The molecule has 0 unspecified atom stereocenters. The van der Waals surface area contributed by atoms with Crippen LogP contribution in [0, 0.1) is 13.8 Å². The Bertz CT molecular complexity index is 1060. The summed E-state index contributed by atoms with van der Waals surface area (Å²) in [6, 6.07) is 11.2. The van der Waals surface area contributed by atoms with Gasteiger partial charge in [0.15, 0.2) is 5.16 Å². The lowest BCUT2D eigenvalue weighted by atomic mass is 10.1. The van der Waals surface area contributed by atoms with Crippen LogP contribution in [0.4, 0.5) is 5.69 Å². The van der Waals surface area contributed by atoms with Crippen molar-refractivity contribution in [1.82, 2.24) is 9.55 Å². The number of thioether (sulfide) groups is 1. The Labute approximate surface area is 174 Å². The Morgan fingerprint density at radius 3 is 2.69 bits per heavy atom. The van der Waals surface area contributed by atoms with Crippen LogP contribution in [-0.2, 0) is 16.1 Å². The second-order valence-electron chi connectivity index (χ2n) is 6.65. The van der Waals surface area contributed by atoms with Crippen LogP contribution in [0.2, 0.25) is 0 Å². The summed E-state index contributed by atoms with van der Waals surface area (Å²) in [4.78, 5) is 29.1. The van der Waals surface area contributed by atoms with Gasteiger partial charge in [0.25, 0.3) is 0 Å². The Morgan fingerprint density at radius 1 is 1.17 bits per heavy atom. The fraction of sp³-hybridized carbons (Fsp3) is 0.318. The van der Waals surface area contributed by atoms with Crippen molar-refractivity contribution in [3.8, 4) is 0 Å². The van der Waals surface area contributed by atoms with Crippen LogP contribution >= 0.6 is 11.8 Å². The molecular formula is C22H25N3O3S. The highest BCUT2D eigenvalue weighted by atomic mass is 32.2. The predicted octanol–water partition coefficient (Wildman–Crippen LogP) is 4.58. The van der Waals surface area contributed by atoms with Gasteiger partial charge in [0.05, 0.1) is 29.0 Å². The average Bonchev–Trinajstić information content (AvgIpc) is 3.06. The number of carbonyl (C=O) groups excluding carboxylic acids is 2. The zero-order valence-corrected chi connectivity index (χ0v) is 17.9. The van der Waals surface area contributed by atoms with E-state index in [0.717, 1.165) is 39.5 Å². The topological polar surface area (TPSA) is 73.2 Å². The molecule has 152 valence electrons. The minimum atomic E-state index is -0.359. The van der Waals surface area contributed by atoms with E-state index in [2.05, 4.69) is 10.3 Å². The van der Waals surface area contributed by atoms with Crippen molar-refractivity contribution in [2.45, 2.75) is 39.4 Å². The molecule has 0 bridgehead atoms. The molecule has 1 N–H and O–H groups in total. The Morgan fingerprint density at radius 2 is 1.97 bits per heavy atom. The molecule has 0 aliphatic rings. The van der Waals surface area contributed by atoms with Crippen LogP contribution in [0.1, 0.15) is 35.3 Å². The fourth-order valence-electron chi connectivity index (χ4n) is 3.07. The molecule has 3 rings (SSSR count). The summed E-state index contributed by atoms with van der Waals surface area (Å²) in [5.74, 6) is -0.185. The first-order valence-corrected chi connectivity index (χ1v) is 10.6. The molecular weight excluding hydrogens is 386 g/mol. The van der Waals surface area contributed by atoms with Crippen molar-refractivity contribution >= 4 is 40.4 Å². The standard InChI is InChI=1S/C22H25N3O3S/c1-5-25-19-11-10-16(21(27)28-6-2)12-18(19)24-22(25)29-13-20(26)23-17-9-7-8-14(3)15(17)4/h7-12H,5-6,13H2,1-4H3,(H,23,26). The van der Waals surface area contributed by atoms with Crippen molar-refractivity contribution in [3.05, 3.63) is 53.1 Å². The van der Waals surface area contributed by atoms with Crippen molar-refractivity contribution in [1.29, 1.82) is 0 Å². The molecule has 1 amide bonds. The van der Waals surface area contributed by atoms with Crippen molar-refractivity contribution < 1.29 is 14.3 Å². The molecule has 7 heteroatoms. The molecule has 6 nitrogen and oxygen atoms in total. The molecule has 0 aliphatic heterocycles. The SMILES string of the molecule is CCOC(=O)c1ccc2c(c1)nc(SCC(=O)Nc1cccc(C)c1C)n2CC. The van der Waals surface area contributed by atoms with Gasteiger partial charge in [0.1, 0.15) is 0 Å². The van der Waals surface area contributed by atoms with Gasteiger partial charge in [-0.3, -0.25) is 4.79 Å². The summed E-state index contributed by atoms with van der Waals surface area (Å²) in [5.41, 5.74) is 5.16. The Kier molecular flexibility index (Phi) is 6.59. The molecule has 3 aromatic rings. The lowest BCUT2D eigenvalue weighted by Gasteiger charge is -2.10. The molecule has 29 heavy (non-hydrogen) atoms. The third-order valence-corrected chi connectivity index (χ3v) is 5.73. The fourth-order valence-corrected chi connectivity index (χ4v) is 3.95. The van der Waals surface area contributed by atoms with Crippen LogP contribution < -0.4 is 5.32 Å². The molecule has 0 aliphatic carbocycles. The van der Waals surface area contributed by atoms with Crippen LogP contribution in [0.5, 0.6) is 0 Å². The molecule has 2 aromatic carbocycles. The van der Waals surface area contributed by atoms with Crippen LogP contribution in [0.15, 0.2) is 41.6 Å². The summed E-state index contributed by atoms with van der Waals surface area (Å²) < 4.78 is 7.10. The van der Waals surface area contributed by atoms with E-state index in [4.69, 9.17) is 4.74 Å². The molecule has 0 saturated heterocycles. The average molecular weight is 412 g/mol. The van der Waals surface area contributed by atoms with Gasteiger partial charge in [0, 0.05) is 12.2 Å². The number of nitrogens with one attached hydrogen (secondary N) is 1. The first-order valence-electron chi connectivity index (χ1n) is 9.60. The number of aryl methyl sites for hydroxylation is 2. The van der Waals surface area contributed by atoms with Crippen LogP contribution in [0.25, 0.3) is 11.0 Å². The second kappa shape index (κ2) is 9.13. The van der Waals surface area contributed by atoms with Gasteiger partial charge < -0.3 is 14.6 Å². The largest absolute Gasteiger partial charge is 0.462 e. The monoisotopic (exact) mass is 411 g/mol. The van der Waals surface area contributed by atoms with Gasteiger partial charge in [-0.2, -0.15) is 0 Å². The maximum atomic E-state index is 12.4. The van der Waals surface area contributed by atoms with E-state index in [-0.39, 0.29) is 17.6 Å². The normalized spacial score (nSPS) is 10.9. The van der Waals surface area contributed by atoms with E-state index in [0.29, 0.717) is 12.2 Å². The number of nitrogens with zero attached hydrogens (tertiary/aromatic N) is 2. The van der Waals surface area contributed by atoms with Gasteiger partial charge >= 0.3 is 5.97 Å². The first-order chi connectivity index (χ1) is 13.9. The molecule has 0 radical (unpaired) electrons. The van der Waals surface area contributed by atoms with E-state index in [9.17, 15) is 9.59 Å². The number of hydrogen-bond acceptors (Lipinski definition) is 5. The molecule has 0 spiro atoms. The number of benzene rings is 2. The highest BCUT2D eigenvalue weighted by molar-refractivity contribution is 7.99. The van der Waals surface area contributed by atoms with E-state index in [1.165, 1.54) is 11.8 Å². The highest BCUT2D eigenvalue weighted by Gasteiger charge is 2.15. The smallest absolute Gasteiger partial charge is 0.338 e. The maximum Gasteiger partial charge on any atom is 0.338 e. The summed E-state index contributed by atoms with van der Waals surface area (Å²) in [5, 5.41) is 3.72. The number of hydrogen-bond donors (Lipinski definition) is 1. The molecule has 1 heterocycles. The minimum Gasteiger partial charge on any atom is -0.462 e. The van der Waals surface area contributed by atoms with Gasteiger partial charge in [-0.1, -0.05) is 23.9 Å². The van der Waals surface area contributed by atoms with Crippen molar-refractivity contribution in [3.63, 3.8) is 0 Å². The molecule has 0 fully saturated rings. The summed E-state index contributed by atoms with van der Waals surface area (Å²) in [7, 11) is 0. The lowest BCUT2D eigenvalue weighted by molar-refractivity contribution is -0.113. The van der Waals surface area contributed by atoms with Gasteiger partial charge in [0.2, 0.25) is 5.91 Å². The second-order valence-corrected chi connectivity index (χ2v) is 7.59. The zero-order chi connectivity index (χ0) is 21.0. The number of amides is 1. The maximum absolute atomic E-state index is 12.4. The zero-order valence-electron chi connectivity index (χ0n) is 17.1. The molecule has 0 saturated carbocycles. The van der Waals surface area contributed by atoms with Crippen molar-refractivity contribution in [2.24, 2.45) is 0 Å². The summed E-state index contributed by atoms with van der Waals surface area (Å²) in [6.07, 6.45) is 0. The predicted molar refractivity (Wildman–Crippen MR) is 117 cm³/mol. The number of esters is 1. The number of fused-ring (bicyclic) bond motifs is 1. The van der Waals surface area contributed by atoms with E-state index < -0.39 is 0 Å². The van der Waals surface area contributed by atoms with Gasteiger partial charge in [-0.05, 0) is 63.1 Å². The quantitative estimate of drug-likeness (QED) is 0.455. The summed E-state index contributed by atoms with van der Waals surface area (Å²) >= 11 is 1.38. The van der Waals surface area contributed by atoms with Gasteiger partial charge in [-0.15, -0.1) is 0 Å². The van der Waals surface area contributed by atoms with Crippen molar-refractivity contribution in [2.75, 3.05) is 17.7 Å². The molecule has 0 atom stereocenters. The molecule has 1 aromatic heterocycles. The van der Waals surface area contributed by atoms with Gasteiger partial charge in [-0.25, -0.2) is 9.78 Å². The number of rotatable bonds is 7. The number of aromatic nitrogens is 2. The van der Waals surface area contributed by atoms with Crippen LogP contribution in [-0.4, -0.2) is 33.8 Å². The third-order valence-electron chi connectivity index (χ3n) is 4.75. The van der Waals surface area contributed by atoms with E-state index >= 15 is 0 Å².